The van der Waals surface area contributed by atoms with Gasteiger partial charge in [0.05, 0.1) is 5.69 Å². The molecule has 0 saturated carbocycles. The summed E-state index contributed by atoms with van der Waals surface area (Å²) in [4.78, 5) is 4.19. The van der Waals surface area contributed by atoms with Crippen LogP contribution in [0.1, 0.15) is 36.8 Å². The first-order valence-electron chi connectivity index (χ1n) is 6.44. The molecule has 0 aliphatic rings. The van der Waals surface area contributed by atoms with Gasteiger partial charge in [0.25, 0.3) is 0 Å². The number of hydrogen-bond donors (Lipinski definition) is 2. The lowest BCUT2D eigenvalue weighted by atomic mass is 9.83. The lowest BCUT2D eigenvalue weighted by Gasteiger charge is -2.24. The Morgan fingerprint density at radius 1 is 1.21 bits per heavy atom. The monoisotopic (exact) mass is 256 g/mol. The molecule has 0 spiro atoms. The van der Waals surface area contributed by atoms with Crippen molar-refractivity contribution in [2.24, 2.45) is 5.73 Å². The van der Waals surface area contributed by atoms with Crippen LogP contribution in [0.2, 0.25) is 0 Å². The molecule has 0 amide bonds. The van der Waals surface area contributed by atoms with Crippen molar-refractivity contribution in [3.8, 4) is 0 Å². The summed E-state index contributed by atoms with van der Waals surface area (Å²) in [5.74, 6) is 0. The molecule has 0 saturated heterocycles. The lowest BCUT2D eigenvalue weighted by molar-refractivity contribution is 0.215. The van der Waals surface area contributed by atoms with Crippen LogP contribution in [-0.2, 0) is 5.41 Å². The Kier molecular flexibility index (Phi) is 3.98. The van der Waals surface area contributed by atoms with Crippen LogP contribution in [0.3, 0.4) is 0 Å². The minimum absolute atomic E-state index is 0.0974. The first kappa shape index (κ1) is 13.7. The van der Waals surface area contributed by atoms with Crippen LogP contribution in [0, 0.1) is 0 Å². The molecule has 2 rings (SSSR count). The van der Waals surface area contributed by atoms with Crippen molar-refractivity contribution in [2.75, 3.05) is 6.54 Å². The number of nitrogens with two attached hydrogens (primary N) is 1. The van der Waals surface area contributed by atoms with Crippen LogP contribution < -0.4 is 5.73 Å². The molecule has 0 fully saturated rings. The molecule has 1 heterocycles. The molecule has 0 aliphatic heterocycles. The fourth-order valence-electron chi connectivity index (χ4n) is 1.96. The number of rotatable bonds is 4. The first-order chi connectivity index (χ1) is 9.04. The molecule has 0 radical (unpaired) electrons. The van der Waals surface area contributed by atoms with E-state index in [4.69, 9.17) is 5.73 Å². The van der Waals surface area contributed by atoms with Gasteiger partial charge in [0.2, 0.25) is 0 Å². The van der Waals surface area contributed by atoms with Gasteiger partial charge in [-0.3, -0.25) is 4.98 Å². The van der Waals surface area contributed by atoms with Crippen LogP contribution in [0.25, 0.3) is 0 Å². The Bertz CT molecular complexity index is 537. The molecule has 0 aliphatic carbocycles. The number of aliphatic hydroxyl groups is 1. The van der Waals surface area contributed by atoms with E-state index in [1.54, 1.807) is 6.20 Å². The van der Waals surface area contributed by atoms with E-state index >= 15 is 0 Å². The lowest BCUT2D eigenvalue weighted by Crippen LogP contribution is -2.28. The highest BCUT2D eigenvalue weighted by Crippen LogP contribution is 2.26. The quantitative estimate of drug-likeness (QED) is 0.883. The van der Waals surface area contributed by atoms with Gasteiger partial charge < -0.3 is 10.8 Å². The van der Waals surface area contributed by atoms with Gasteiger partial charge in [0.1, 0.15) is 6.10 Å². The predicted molar refractivity (Wildman–Crippen MR) is 76.8 cm³/mol. The van der Waals surface area contributed by atoms with Crippen molar-refractivity contribution in [1.29, 1.82) is 0 Å². The molecule has 3 N–H and O–H groups in total. The Hall–Kier alpha value is -1.71. The fraction of sp³-hybridized carbons (Fsp3) is 0.312. The third kappa shape index (κ3) is 3.00. The molecule has 100 valence electrons. The van der Waals surface area contributed by atoms with Gasteiger partial charge in [-0.2, -0.15) is 0 Å². The Morgan fingerprint density at radius 2 is 2.00 bits per heavy atom. The van der Waals surface area contributed by atoms with Crippen LogP contribution in [0.4, 0.5) is 0 Å². The van der Waals surface area contributed by atoms with E-state index in [0.29, 0.717) is 12.2 Å². The summed E-state index contributed by atoms with van der Waals surface area (Å²) >= 11 is 0. The molecule has 19 heavy (non-hydrogen) atoms. The highest BCUT2D eigenvalue weighted by atomic mass is 16.3. The van der Waals surface area contributed by atoms with Gasteiger partial charge >= 0.3 is 0 Å². The number of aliphatic hydroxyl groups excluding tert-OH is 1. The van der Waals surface area contributed by atoms with Crippen molar-refractivity contribution < 1.29 is 5.11 Å². The van der Waals surface area contributed by atoms with E-state index in [1.165, 1.54) is 0 Å². The minimum atomic E-state index is -0.699. The van der Waals surface area contributed by atoms with Gasteiger partial charge in [-0.25, -0.2) is 0 Å². The van der Waals surface area contributed by atoms with Crippen molar-refractivity contribution in [1.82, 2.24) is 4.98 Å². The van der Waals surface area contributed by atoms with E-state index in [9.17, 15) is 5.11 Å². The van der Waals surface area contributed by atoms with E-state index in [0.717, 1.165) is 11.1 Å². The molecule has 3 heteroatoms. The molecule has 1 unspecified atom stereocenters. The smallest absolute Gasteiger partial charge is 0.121 e. The normalized spacial score (nSPS) is 13.3. The SMILES string of the molecule is CC(C)(CN)c1cccc(C(O)c2ccccn2)c1. The summed E-state index contributed by atoms with van der Waals surface area (Å²) < 4.78 is 0. The Labute approximate surface area is 114 Å². The van der Waals surface area contributed by atoms with Gasteiger partial charge in [-0.05, 0) is 23.3 Å². The summed E-state index contributed by atoms with van der Waals surface area (Å²) in [6.45, 7) is 4.76. The second-order valence-electron chi connectivity index (χ2n) is 5.37. The third-order valence-corrected chi connectivity index (χ3v) is 3.46. The van der Waals surface area contributed by atoms with Crippen molar-refractivity contribution in [2.45, 2.75) is 25.4 Å². The van der Waals surface area contributed by atoms with Gasteiger partial charge in [0, 0.05) is 18.2 Å². The summed E-state index contributed by atoms with van der Waals surface area (Å²) in [7, 11) is 0. The van der Waals surface area contributed by atoms with Crippen LogP contribution in [0.5, 0.6) is 0 Å². The average Bonchev–Trinajstić information content (AvgIpc) is 2.47. The summed E-state index contributed by atoms with van der Waals surface area (Å²) in [5.41, 5.74) is 8.33. The highest BCUT2D eigenvalue weighted by molar-refractivity contribution is 5.33. The van der Waals surface area contributed by atoms with Crippen molar-refractivity contribution >= 4 is 0 Å². The zero-order valence-corrected chi connectivity index (χ0v) is 11.4. The fourth-order valence-corrected chi connectivity index (χ4v) is 1.96. The van der Waals surface area contributed by atoms with Crippen LogP contribution >= 0.6 is 0 Å². The maximum absolute atomic E-state index is 10.4. The minimum Gasteiger partial charge on any atom is -0.382 e. The zero-order chi connectivity index (χ0) is 13.9. The highest BCUT2D eigenvalue weighted by Gasteiger charge is 2.20. The van der Waals surface area contributed by atoms with Crippen LogP contribution in [0.15, 0.2) is 48.7 Å². The van der Waals surface area contributed by atoms with E-state index in [1.807, 2.05) is 42.5 Å². The van der Waals surface area contributed by atoms with Gasteiger partial charge in [-0.1, -0.05) is 44.2 Å². The van der Waals surface area contributed by atoms with Crippen LogP contribution in [-0.4, -0.2) is 16.6 Å². The van der Waals surface area contributed by atoms with Crippen molar-refractivity contribution in [3.05, 3.63) is 65.5 Å². The number of aromatic nitrogens is 1. The molecule has 1 aromatic carbocycles. The number of benzene rings is 1. The predicted octanol–water partition coefficient (Wildman–Crippen LogP) is 2.40. The Balaban J connectivity index is 2.34. The maximum atomic E-state index is 10.4. The summed E-state index contributed by atoms with van der Waals surface area (Å²) in [6, 6.07) is 13.5. The molecular formula is C16H20N2O. The maximum Gasteiger partial charge on any atom is 0.121 e. The van der Waals surface area contributed by atoms with Gasteiger partial charge in [0.15, 0.2) is 0 Å². The largest absolute Gasteiger partial charge is 0.382 e. The average molecular weight is 256 g/mol. The molecule has 1 aromatic heterocycles. The zero-order valence-electron chi connectivity index (χ0n) is 11.4. The Morgan fingerprint density at radius 3 is 2.63 bits per heavy atom. The second-order valence-corrected chi connectivity index (χ2v) is 5.37. The standard InChI is InChI=1S/C16H20N2O/c1-16(2,11-17)13-7-5-6-12(10-13)15(19)14-8-3-4-9-18-14/h3-10,15,19H,11,17H2,1-2H3. The molecule has 2 aromatic rings. The van der Waals surface area contributed by atoms with Crippen molar-refractivity contribution in [3.63, 3.8) is 0 Å². The van der Waals surface area contributed by atoms with E-state index < -0.39 is 6.10 Å². The van der Waals surface area contributed by atoms with E-state index in [-0.39, 0.29) is 5.41 Å². The summed E-state index contributed by atoms with van der Waals surface area (Å²) in [5, 5.41) is 10.4. The third-order valence-electron chi connectivity index (χ3n) is 3.46. The number of hydrogen-bond acceptors (Lipinski definition) is 3. The number of pyridine rings is 1. The molecule has 3 nitrogen and oxygen atoms in total. The first-order valence-corrected chi connectivity index (χ1v) is 6.44. The topological polar surface area (TPSA) is 59.1 Å². The van der Waals surface area contributed by atoms with E-state index in [2.05, 4.69) is 18.8 Å². The number of nitrogens with zero attached hydrogens (tertiary/aromatic N) is 1. The molecular weight excluding hydrogens is 236 g/mol. The van der Waals surface area contributed by atoms with Gasteiger partial charge in [-0.15, -0.1) is 0 Å². The molecule has 1 atom stereocenters. The second kappa shape index (κ2) is 5.51. The molecule has 0 bridgehead atoms. The summed E-state index contributed by atoms with van der Waals surface area (Å²) in [6.07, 6.45) is 0.987.